The highest BCUT2D eigenvalue weighted by Crippen LogP contribution is 2.33. The van der Waals surface area contributed by atoms with Crippen LogP contribution < -0.4 is 9.47 Å². The SMILES string of the molecule is Cc1cc(C(=O)N2CCN(CC(=O)N3CCCCC3)CC2)c(C)n1-c1ccc2c(c1)OCCO2. The molecule has 1 aromatic carbocycles. The molecule has 1 aromatic heterocycles. The molecule has 5 rings (SSSR count). The van der Waals surface area contributed by atoms with Gasteiger partial charge in [0.15, 0.2) is 11.5 Å². The van der Waals surface area contributed by atoms with E-state index in [0.717, 1.165) is 73.2 Å². The zero-order chi connectivity index (χ0) is 23.7. The normalized spacial score (nSPS) is 18.8. The summed E-state index contributed by atoms with van der Waals surface area (Å²) in [6.45, 7) is 10.1. The van der Waals surface area contributed by atoms with E-state index in [1.807, 2.05) is 47.9 Å². The number of nitrogens with zero attached hydrogens (tertiary/aromatic N) is 4. The van der Waals surface area contributed by atoms with Gasteiger partial charge in [-0.3, -0.25) is 14.5 Å². The summed E-state index contributed by atoms with van der Waals surface area (Å²) in [6, 6.07) is 7.87. The number of likely N-dealkylation sites (tertiary alicyclic amines) is 1. The van der Waals surface area contributed by atoms with Gasteiger partial charge < -0.3 is 23.8 Å². The first-order valence-corrected chi connectivity index (χ1v) is 12.4. The maximum atomic E-state index is 13.4. The fourth-order valence-electron chi connectivity index (χ4n) is 5.26. The third kappa shape index (κ3) is 4.51. The Hall–Kier alpha value is -3.00. The first kappa shape index (κ1) is 22.8. The fraction of sp³-hybridized carbons (Fsp3) is 0.538. The summed E-state index contributed by atoms with van der Waals surface area (Å²) in [4.78, 5) is 32.1. The molecule has 2 amide bonds. The lowest BCUT2D eigenvalue weighted by Gasteiger charge is -2.36. The van der Waals surface area contributed by atoms with Gasteiger partial charge in [-0.15, -0.1) is 0 Å². The third-order valence-corrected chi connectivity index (χ3v) is 7.17. The Balaban J connectivity index is 1.24. The molecule has 3 aliphatic rings. The van der Waals surface area contributed by atoms with Gasteiger partial charge >= 0.3 is 0 Å². The topological polar surface area (TPSA) is 67.3 Å². The van der Waals surface area contributed by atoms with Gasteiger partial charge in [-0.1, -0.05) is 0 Å². The average Bonchev–Trinajstić information content (AvgIpc) is 3.17. The van der Waals surface area contributed by atoms with E-state index >= 15 is 0 Å². The Bertz CT molecular complexity index is 1060. The molecule has 182 valence electrons. The maximum absolute atomic E-state index is 13.4. The van der Waals surface area contributed by atoms with Crippen molar-refractivity contribution in [2.24, 2.45) is 0 Å². The van der Waals surface area contributed by atoms with Crippen LogP contribution >= 0.6 is 0 Å². The smallest absolute Gasteiger partial charge is 0.255 e. The zero-order valence-corrected chi connectivity index (χ0v) is 20.2. The van der Waals surface area contributed by atoms with E-state index in [1.165, 1.54) is 6.42 Å². The number of ether oxygens (including phenoxy) is 2. The van der Waals surface area contributed by atoms with Crippen molar-refractivity contribution in [2.75, 3.05) is 59.0 Å². The van der Waals surface area contributed by atoms with Crippen LogP contribution in [-0.2, 0) is 4.79 Å². The second-order valence-corrected chi connectivity index (χ2v) is 9.46. The van der Waals surface area contributed by atoms with Crippen LogP contribution in [0.4, 0.5) is 0 Å². The Morgan fingerprint density at radius 3 is 2.26 bits per heavy atom. The molecule has 34 heavy (non-hydrogen) atoms. The highest BCUT2D eigenvalue weighted by atomic mass is 16.6. The number of hydrogen-bond acceptors (Lipinski definition) is 5. The predicted molar refractivity (Wildman–Crippen MR) is 129 cm³/mol. The zero-order valence-electron chi connectivity index (χ0n) is 20.2. The summed E-state index contributed by atoms with van der Waals surface area (Å²) in [7, 11) is 0. The van der Waals surface area contributed by atoms with Crippen molar-refractivity contribution < 1.29 is 19.1 Å². The third-order valence-electron chi connectivity index (χ3n) is 7.17. The average molecular weight is 467 g/mol. The largest absolute Gasteiger partial charge is 0.486 e. The summed E-state index contributed by atoms with van der Waals surface area (Å²) in [5.41, 5.74) is 3.61. The molecule has 0 radical (unpaired) electrons. The summed E-state index contributed by atoms with van der Waals surface area (Å²) in [6.07, 6.45) is 3.44. The number of benzene rings is 1. The molecule has 0 N–H and O–H groups in total. The summed E-state index contributed by atoms with van der Waals surface area (Å²) in [5.74, 6) is 1.77. The molecule has 0 unspecified atom stereocenters. The molecule has 3 aliphatic heterocycles. The van der Waals surface area contributed by atoms with Crippen molar-refractivity contribution in [3.05, 3.63) is 41.2 Å². The molecule has 0 aliphatic carbocycles. The van der Waals surface area contributed by atoms with Gasteiger partial charge in [0.05, 0.1) is 12.1 Å². The summed E-state index contributed by atoms with van der Waals surface area (Å²) in [5, 5.41) is 0. The Labute approximate surface area is 201 Å². The number of piperazine rings is 1. The molecule has 8 heteroatoms. The van der Waals surface area contributed by atoms with E-state index in [4.69, 9.17) is 9.47 Å². The molecular formula is C26H34N4O4. The van der Waals surface area contributed by atoms with Gasteiger partial charge in [0, 0.05) is 62.4 Å². The summed E-state index contributed by atoms with van der Waals surface area (Å²) >= 11 is 0. The van der Waals surface area contributed by atoms with Crippen LogP contribution in [0.15, 0.2) is 24.3 Å². The lowest BCUT2D eigenvalue weighted by molar-refractivity contribution is -0.133. The van der Waals surface area contributed by atoms with E-state index in [0.29, 0.717) is 32.8 Å². The molecule has 2 aromatic rings. The van der Waals surface area contributed by atoms with E-state index < -0.39 is 0 Å². The molecule has 2 saturated heterocycles. The van der Waals surface area contributed by atoms with Gasteiger partial charge in [-0.05, 0) is 51.3 Å². The van der Waals surface area contributed by atoms with Gasteiger partial charge in [0.1, 0.15) is 13.2 Å². The van der Waals surface area contributed by atoms with Gasteiger partial charge in [0.25, 0.3) is 5.91 Å². The number of aromatic nitrogens is 1. The van der Waals surface area contributed by atoms with Gasteiger partial charge in [0.2, 0.25) is 5.91 Å². The number of fused-ring (bicyclic) bond motifs is 1. The first-order chi connectivity index (χ1) is 16.5. The number of rotatable bonds is 4. The van der Waals surface area contributed by atoms with Crippen LogP contribution in [0.2, 0.25) is 0 Å². The van der Waals surface area contributed by atoms with E-state index in [1.54, 1.807) is 0 Å². The molecule has 0 spiro atoms. The van der Waals surface area contributed by atoms with Crippen LogP contribution in [0.5, 0.6) is 11.5 Å². The molecule has 2 fully saturated rings. The van der Waals surface area contributed by atoms with Crippen molar-refractivity contribution >= 4 is 11.8 Å². The van der Waals surface area contributed by atoms with Crippen molar-refractivity contribution in [3.63, 3.8) is 0 Å². The highest BCUT2D eigenvalue weighted by Gasteiger charge is 2.27. The number of piperidine rings is 1. The van der Waals surface area contributed by atoms with Gasteiger partial charge in [-0.25, -0.2) is 0 Å². The van der Waals surface area contributed by atoms with E-state index in [-0.39, 0.29) is 11.8 Å². The molecule has 8 nitrogen and oxygen atoms in total. The standard InChI is InChI=1S/C26H34N4O4/c1-19-16-22(20(2)30(19)21-6-7-23-24(17-21)34-15-14-33-23)26(32)29-12-10-27(11-13-29)18-25(31)28-8-4-3-5-9-28/h6-7,16-17H,3-5,8-15,18H2,1-2H3. The Morgan fingerprint density at radius 2 is 1.53 bits per heavy atom. The van der Waals surface area contributed by atoms with Crippen LogP contribution in [0.1, 0.15) is 41.0 Å². The number of amides is 2. The fourth-order valence-corrected chi connectivity index (χ4v) is 5.26. The second-order valence-electron chi connectivity index (χ2n) is 9.46. The Morgan fingerprint density at radius 1 is 0.824 bits per heavy atom. The van der Waals surface area contributed by atoms with Crippen molar-refractivity contribution in [2.45, 2.75) is 33.1 Å². The maximum Gasteiger partial charge on any atom is 0.255 e. The number of carbonyl (C=O) groups is 2. The molecule has 4 heterocycles. The van der Waals surface area contributed by atoms with E-state index in [9.17, 15) is 9.59 Å². The van der Waals surface area contributed by atoms with Gasteiger partial charge in [-0.2, -0.15) is 0 Å². The molecule has 0 saturated carbocycles. The van der Waals surface area contributed by atoms with Crippen LogP contribution in [0.25, 0.3) is 5.69 Å². The molecular weight excluding hydrogens is 432 g/mol. The summed E-state index contributed by atoms with van der Waals surface area (Å²) < 4.78 is 13.5. The minimum absolute atomic E-state index is 0.0545. The minimum atomic E-state index is 0.0545. The monoisotopic (exact) mass is 466 g/mol. The lowest BCUT2D eigenvalue weighted by atomic mass is 10.1. The predicted octanol–water partition coefficient (Wildman–Crippen LogP) is 2.64. The van der Waals surface area contributed by atoms with Crippen molar-refractivity contribution in [1.82, 2.24) is 19.3 Å². The quantitative estimate of drug-likeness (QED) is 0.693. The van der Waals surface area contributed by atoms with Crippen LogP contribution in [0.3, 0.4) is 0 Å². The number of carbonyl (C=O) groups excluding carboxylic acids is 2. The lowest BCUT2D eigenvalue weighted by Crippen LogP contribution is -2.52. The van der Waals surface area contributed by atoms with Crippen LogP contribution in [0, 0.1) is 13.8 Å². The first-order valence-electron chi connectivity index (χ1n) is 12.4. The van der Waals surface area contributed by atoms with E-state index in [2.05, 4.69) is 9.47 Å². The van der Waals surface area contributed by atoms with Crippen molar-refractivity contribution in [3.8, 4) is 17.2 Å². The molecule has 0 bridgehead atoms. The number of hydrogen-bond donors (Lipinski definition) is 0. The number of aryl methyl sites for hydroxylation is 1. The second kappa shape index (κ2) is 9.70. The Kier molecular flexibility index (Phi) is 6.50. The molecule has 0 atom stereocenters. The van der Waals surface area contributed by atoms with Crippen LogP contribution in [-0.4, -0.2) is 90.1 Å². The highest BCUT2D eigenvalue weighted by molar-refractivity contribution is 5.96. The van der Waals surface area contributed by atoms with Crippen molar-refractivity contribution in [1.29, 1.82) is 0 Å². The minimum Gasteiger partial charge on any atom is -0.486 e.